The fourth-order valence-electron chi connectivity index (χ4n) is 1.71. The highest BCUT2D eigenvalue weighted by atomic mass is 15.0. The summed E-state index contributed by atoms with van der Waals surface area (Å²) in [5.74, 6) is 0. The van der Waals surface area contributed by atoms with Crippen molar-refractivity contribution < 1.29 is 0 Å². The van der Waals surface area contributed by atoms with Crippen molar-refractivity contribution in [3.8, 4) is 0 Å². The Bertz CT molecular complexity index is 141. The summed E-state index contributed by atoms with van der Waals surface area (Å²) in [4.78, 5) is 0. The van der Waals surface area contributed by atoms with Crippen molar-refractivity contribution in [2.24, 2.45) is 10.8 Å². The Morgan fingerprint density at radius 1 is 1.27 bits per heavy atom. The van der Waals surface area contributed by atoms with Crippen LogP contribution in [0.5, 0.6) is 0 Å². The molecule has 0 aliphatic carbocycles. The molecular weight excluding hydrogens is 134 g/mol. The van der Waals surface area contributed by atoms with E-state index in [0.29, 0.717) is 16.9 Å². The maximum absolute atomic E-state index is 3.59. The van der Waals surface area contributed by atoms with Crippen LogP contribution in [-0.4, -0.2) is 12.6 Å². The lowest BCUT2D eigenvalue weighted by atomic mass is 9.80. The summed E-state index contributed by atoms with van der Waals surface area (Å²) in [7, 11) is 0. The second-order valence-electron chi connectivity index (χ2n) is 5.67. The molecule has 11 heavy (non-hydrogen) atoms. The number of nitrogens with one attached hydrogen (secondary N) is 1. The molecule has 1 heterocycles. The Balaban J connectivity index is 2.55. The molecular formula is C10H21N. The highest BCUT2D eigenvalue weighted by Gasteiger charge is 2.36. The van der Waals surface area contributed by atoms with E-state index >= 15 is 0 Å². The van der Waals surface area contributed by atoms with Gasteiger partial charge in [-0.25, -0.2) is 0 Å². The zero-order chi connectivity index (χ0) is 8.70. The molecule has 0 saturated carbocycles. The Hall–Kier alpha value is -0.0400. The molecule has 0 aromatic rings. The van der Waals surface area contributed by atoms with Crippen LogP contribution in [0.2, 0.25) is 0 Å². The Kier molecular flexibility index (Phi) is 2.04. The number of hydrogen-bond acceptors (Lipinski definition) is 1. The van der Waals surface area contributed by atoms with Gasteiger partial charge in [-0.05, 0) is 17.3 Å². The van der Waals surface area contributed by atoms with E-state index in [2.05, 4.69) is 39.9 Å². The highest BCUT2D eigenvalue weighted by molar-refractivity contribution is 4.93. The molecule has 1 atom stereocenters. The normalized spacial score (nSPS) is 30.8. The molecule has 1 heteroatoms. The second kappa shape index (κ2) is 2.48. The SMILES string of the molecule is CC1(C)CNC(C(C)(C)C)C1. The molecule has 0 aromatic carbocycles. The van der Waals surface area contributed by atoms with Crippen LogP contribution < -0.4 is 5.32 Å². The van der Waals surface area contributed by atoms with Gasteiger partial charge in [0.05, 0.1) is 0 Å². The van der Waals surface area contributed by atoms with Crippen molar-refractivity contribution in [3.63, 3.8) is 0 Å². The summed E-state index contributed by atoms with van der Waals surface area (Å²) in [6.45, 7) is 12.8. The molecule has 1 N–H and O–H groups in total. The fourth-order valence-corrected chi connectivity index (χ4v) is 1.71. The molecule has 0 spiro atoms. The van der Waals surface area contributed by atoms with Crippen molar-refractivity contribution in [1.82, 2.24) is 5.32 Å². The molecule has 0 radical (unpaired) electrons. The first-order valence-corrected chi connectivity index (χ1v) is 4.55. The summed E-state index contributed by atoms with van der Waals surface area (Å²) in [6, 6.07) is 0.706. The first kappa shape index (κ1) is 9.05. The first-order valence-electron chi connectivity index (χ1n) is 4.55. The first-order chi connectivity index (χ1) is 4.81. The van der Waals surface area contributed by atoms with Crippen LogP contribution in [0, 0.1) is 10.8 Å². The highest BCUT2D eigenvalue weighted by Crippen LogP contribution is 2.35. The Morgan fingerprint density at radius 3 is 2.00 bits per heavy atom. The van der Waals surface area contributed by atoms with Crippen molar-refractivity contribution in [3.05, 3.63) is 0 Å². The van der Waals surface area contributed by atoms with E-state index in [9.17, 15) is 0 Å². The van der Waals surface area contributed by atoms with Gasteiger partial charge in [0.1, 0.15) is 0 Å². The third-order valence-electron chi connectivity index (χ3n) is 2.63. The molecule has 1 fully saturated rings. The summed E-state index contributed by atoms with van der Waals surface area (Å²) in [6.07, 6.45) is 1.32. The van der Waals surface area contributed by atoms with Gasteiger partial charge in [0.15, 0.2) is 0 Å². The smallest absolute Gasteiger partial charge is 0.0121 e. The molecule has 0 aromatic heterocycles. The van der Waals surface area contributed by atoms with E-state index < -0.39 is 0 Å². The largest absolute Gasteiger partial charge is 0.313 e. The predicted molar refractivity (Wildman–Crippen MR) is 49.6 cm³/mol. The summed E-state index contributed by atoms with van der Waals surface area (Å²) >= 11 is 0. The lowest BCUT2D eigenvalue weighted by Crippen LogP contribution is -2.34. The molecule has 1 rings (SSSR count). The van der Waals surface area contributed by atoms with Gasteiger partial charge < -0.3 is 5.32 Å². The quantitative estimate of drug-likeness (QED) is 0.566. The van der Waals surface area contributed by atoms with Gasteiger partial charge in [0.25, 0.3) is 0 Å². The van der Waals surface area contributed by atoms with E-state index in [1.807, 2.05) is 0 Å². The zero-order valence-electron chi connectivity index (χ0n) is 8.49. The average molecular weight is 155 g/mol. The van der Waals surface area contributed by atoms with Crippen LogP contribution in [-0.2, 0) is 0 Å². The molecule has 1 nitrogen and oxygen atoms in total. The van der Waals surface area contributed by atoms with Crippen molar-refractivity contribution in [2.75, 3.05) is 6.54 Å². The fraction of sp³-hybridized carbons (Fsp3) is 1.00. The second-order valence-corrected chi connectivity index (χ2v) is 5.67. The van der Waals surface area contributed by atoms with E-state index in [-0.39, 0.29) is 0 Å². The third kappa shape index (κ3) is 2.19. The van der Waals surface area contributed by atoms with Gasteiger partial charge in [-0.3, -0.25) is 0 Å². The number of hydrogen-bond donors (Lipinski definition) is 1. The Labute approximate surface area is 70.6 Å². The van der Waals surface area contributed by atoms with Crippen molar-refractivity contribution in [1.29, 1.82) is 0 Å². The standard InChI is InChI=1S/C10H21N/c1-9(2,3)8-6-10(4,5)7-11-8/h8,11H,6-7H2,1-5H3. The van der Waals surface area contributed by atoms with Gasteiger partial charge in [-0.2, -0.15) is 0 Å². The lowest BCUT2D eigenvalue weighted by molar-refractivity contribution is 0.276. The van der Waals surface area contributed by atoms with Crippen LogP contribution in [0.3, 0.4) is 0 Å². The minimum atomic E-state index is 0.424. The minimum Gasteiger partial charge on any atom is -0.313 e. The molecule has 66 valence electrons. The van der Waals surface area contributed by atoms with Gasteiger partial charge in [-0.1, -0.05) is 34.6 Å². The van der Waals surface area contributed by atoms with E-state index in [1.54, 1.807) is 0 Å². The number of rotatable bonds is 0. The maximum Gasteiger partial charge on any atom is 0.0121 e. The zero-order valence-corrected chi connectivity index (χ0v) is 8.49. The Morgan fingerprint density at radius 2 is 1.82 bits per heavy atom. The molecule has 0 bridgehead atoms. The third-order valence-corrected chi connectivity index (χ3v) is 2.63. The van der Waals surface area contributed by atoms with Gasteiger partial charge >= 0.3 is 0 Å². The predicted octanol–water partition coefficient (Wildman–Crippen LogP) is 2.42. The molecule has 0 amide bonds. The molecule has 1 unspecified atom stereocenters. The summed E-state index contributed by atoms with van der Waals surface area (Å²) in [5.41, 5.74) is 0.936. The van der Waals surface area contributed by atoms with Crippen molar-refractivity contribution >= 4 is 0 Å². The molecule has 1 aliphatic heterocycles. The van der Waals surface area contributed by atoms with Crippen LogP contribution in [0.25, 0.3) is 0 Å². The monoisotopic (exact) mass is 155 g/mol. The topological polar surface area (TPSA) is 12.0 Å². The van der Waals surface area contributed by atoms with Crippen LogP contribution in [0.15, 0.2) is 0 Å². The molecule has 1 aliphatic rings. The van der Waals surface area contributed by atoms with Crippen molar-refractivity contribution in [2.45, 2.75) is 47.1 Å². The maximum atomic E-state index is 3.59. The average Bonchev–Trinajstić information content (AvgIpc) is 2.07. The van der Waals surface area contributed by atoms with E-state index in [1.165, 1.54) is 13.0 Å². The van der Waals surface area contributed by atoms with Crippen LogP contribution in [0.4, 0.5) is 0 Å². The van der Waals surface area contributed by atoms with Crippen LogP contribution >= 0.6 is 0 Å². The van der Waals surface area contributed by atoms with Gasteiger partial charge in [0.2, 0.25) is 0 Å². The summed E-state index contributed by atoms with van der Waals surface area (Å²) < 4.78 is 0. The van der Waals surface area contributed by atoms with Crippen LogP contribution in [0.1, 0.15) is 41.0 Å². The minimum absolute atomic E-state index is 0.424. The summed E-state index contributed by atoms with van der Waals surface area (Å²) in [5, 5.41) is 3.59. The molecule has 1 saturated heterocycles. The van der Waals surface area contributed by atoms with Gasteiger partial charge in [-0.15, -0.1) is 0 Å². The van der Waals surface area contributed by atoms with E-state index in [4.69, 9.17) is 0 Å². The van der Waals surface area contributed by atoms with Gasteiger partial charge in [0, 0.05) is 12.6 Å². The lowest BCUT2D eigenvalue weighted by Gasteiger charge is -2.27. The van der Waals surface area contributed by atoms with E-state index in [0.717, 1.165) is 0 Å².